The van der Waals surface area contributed by atoms with Crippen LogP contribution in [0.25, 0.3) is 0 Å². The van der Waals surface area contributed by atoms with Gasteiger partial charge in [0.2, 0.25) is 5.91 Å². The van der Waals surface area contributed by atoms with Crippen molar-refractivity contribution in [2.24, 2.45) is 0 Å². The molecule has 1 atom stereocenters. The Morgan fingerprint density at radius 2 is 2.24 bits per heavy atom. The van der Waals surface area contributed by atoms with Crippen molar-refractivity contribution in [2.45, 2.75) is 52.1 Å². The number of carbonyl (C=O) groups is 1. The zero-order valence-electron chi connectivity index (χ0n) is 11.4. The molecule has 100 valence electrons. The monoisotopic (exact) mass is 242 g/mol. The fraction of sp³-hybridized carbons (Fsp3) is 0.923. The van der Waals surface area contributed by atoms with Crippen LogP contribution in [0.15, 0.2) is 0 Å². The van der Waals surface area contributed by atoms with Crippen molar-refractivity contribution < 1.29 is 9.53 Å². The van der Waals surface area contributed by atoms with Gasteiger partial charge in [-0.3, -0.25) is 4.79 Å². The van der Waals surface area contributed by atoms with Crippen molar-refractivity contribution in [3.63, 3.8) is 0 Å². The number of carbonyl (C=O) groups excluding carboxylic acids is 1. The number of nitrogens with one attached hydrogen (secondary N) is 1. The van der Waals surface area contributed by atoms with Crippen LogP contribution < -0.4 is 5.32 Å². The summed E-state index contributed by atoms with van der Waals surface area (Å²) < 4.78 is 5.49. The number of rotatable bonds is 8. The Morgan fingerprint density at radius 1 is 1.47 bits per heavy atom. The molecule has 0 saturated carbocycles. The highest BCUT2D eigenvalue weighted by Gasteiger charge is 2.31. The standard InChI is InChI=1S/C13H26N2O2/c1-4-5-9-17-10-8-15-7-6-12(13(15)16)14-11(2)3/h11-12,14H,4-10H2,1-3H3. The van der Waals surface area contributed by atoms with Crippen molar-refractivity contribution in [3.05, 3.63) is 0 Å². The zero-order chi connectivity index (χ0) is 12.7. The summed E-state index contributed by atoms with van der Waals surface area (Å²) in [5.74, 6) is 0.234. The molecule has 1 aliphatic rings. The van der Waals surface area contributed by atoms with Crippen LogP contribution in [0.1, 0.15) is 40.0 Å². The summed E-state index contributed by atoms with van der Waals surface area (Å²) in [6.07, 6.45) is 3.18. The van der Waals surface area contributed by atoms with Crippen molar-refractivity contribution in [1.82, 2.24) is 10.2 Å². The lowest BCUT2D eigenvalue weighted by molar-refractivity contribution is -0.130. The Labute approximate surface area is 105 Å². The highest BCUT2D eigenvalue weighted by molar-refractivity contribution is 5.84. The average molecular weight is 242 g/mol. The first-order chi connectivity index (χ1) is 8.15. The van der Waals surface area contributed by atoms with E-state index in [0.29, 0.717) is 12.6 Å². The molecular weight excluding hydrogens is 216 g/mol. The SMILES string of the molecule is CCCCOCCN1CCC(NC(C)C)C1=O. The highest BCUT2D eigenvalue weighted by Crippen LogP contribution is 2.11. The third kappa shape index (κ3) is 5.04. The molecule has 4 nitrogen and oxygen atoms in total. The molecule has 1 amide bonds. The summed E-state index contributed by atoms with van der Waals surface area (Å²) in [6, 6.07) is 0.385. The minimum atomic E-state index is 0.0191. The molecule has 0 spiro atoms. The van der Waals surface area contributed by atoms with Crippen LogP contribution in [0, 0.1) is 0 Å². The molecule has 0 bridgehead atoms. The van der Waals surface area contributed by atoms with Crippen molar-refractivity contribution in [3.8, 4) is 0 Å². The van der Waals surface area contributed by atoms with Gasteiger partial charge in [-0.15, -0.1) is 0 Å². The molecular formula is C13H26N2O2. The van der Waals surface area contributed by atoms with E-state index < -0.39 is 0 Å². The molecule has 1 unspecified atom stereocenters. The number of nitrogens with zero attached hydrogens (tertiary/aromatic N) is 1. The van der Waals surface area contributed by atoms with Crippen molar-refractivity contribution in [1.29, 1.82) is 0 Å². The first kappa shape index (κ1) is 14.5. The quantitative estimate of drug-likeness (QED) is 0.654. The summed E-state index contributed by atoms with van der Waals surface area (Å²) in [5.41, 5.74) is 0. The van der Waals surface area contributed by atoms with Crippen LogP contribution >= 0.6 is 0 Å². The van der Waals surface area contributed by atoms with Gasteiger partial charge >= 0.3 is 0 Å². The fourth-order valence-corrected chi connectivity index (χ4v) is 2.04. The first-order valence-corrected chi connectivity index (χ1v) is 6.77. The smallest absolute Gasteiger partial charge is 0.239 e. The van der Waals surface area contributed by atoms with E-state index in [-0.39, 0.29) is 11.9 Å². The van der Waals surface area contributed by atoms with Gasteiger partial charge in [-0.25, -0.2) is 0 Å². The summed E-state index contributed by atoms with van der Waals surface area (Å²) in [5, 5.41) is 3.30. The van der Waals surface area contributed by atoms with Crippen molar-refractivity contribution >= 4 is 5.91 Å². The number of hydrogen-bond acceptors (Lipinski definition) is 3. The van der Waals surface area contributed by atoms with E-state index in [0.717, 1.165) is 39.0 Å². The second-order valence-electron chi connectivity index (χ2n) is 4.95. The number of likely N-dealkylation sites (tertiary alicyclic amines) is 1. The molecule has 0 aliphatic carbocycles. The van der Waals surface area contributed by atoms with Gasteiger partial charge in [-0.05, 0) is 12.8 Å². The van der Waals surface area contributed by atoms with Crippen LogP contribution in [0.5, 0.6) is 0 Å². The van der Waals surface area contributed by atoms with E-state index >= 15 is 0 Å². The molecule has 1 heterocycles. The van der Waals surface area contributed by atoms with Crippen LogP contribution in [-0.2, 0) is 9.53 Å². The van der Waals surface area contributed by atoms with Gasteiger partial charge in [-0.2, -0.15) is 0 Å². The normalized spacial score (nSPS) is 20.6. The zero-order valence-corrected chi connectivity index (χ0v) is 11.4. The third-order valence-corrected chi connectivity index (χ3v) is 2.98. The molecule has 1 aliphatic heterocycles. The lowest BCUT2D eigenvalue weighted by Gasteiger charge is -2.18. The largest absolute Gasteiger partial charge is 0.380 e. The van der Waals surface area contributed by atoms with E-state index in [1.165, 1.54) is 0 Å². The van der Waals surface area contributed by atoms with Gasteiger partial charge in [0.25, 0.3) is 0 Å². The van der Waals surface area contributed by atoms with Gasteiger partial charge in [0, 0.05) is 25.7 Å². The average Bonchev–Trinajstić information content (AvgIpc) is 2.60. The topological polar surface area (TPSA) is 41.6 Å². The summed E-state index contributed by atoms with van der Waals surface area (Å²) in [6.45, 7) is 9.37. The molecule has 4 heteroatoms. The molecule has 1 fully saturated rings. The lowest BCUT2D eigenvalue weighted by Crippen LogP contribution is -2.42. The van der Waals surface area contributed by atoms with Crippen LogP contribution in [0.3, 0.4) is 0 Å². The second-order valence-corrected chi connectivity index (χ2v) is 4.95. The molecule has 0 radical (unpaired) electrons. The van der Waals surface area contributed by atoms with Gasteiger partial charge in [0.15, 0.2) is 0 Å². The van der Waals surface area contributed by atoms with E-state index in [9.17, 15) is 4.79 Å². The Bertz CT molecular complexity index is 231. The number of hydrogen-bond donors (Lipinski definition) is 1. The Morgan fingerprint density at radius 3 is 2.88 bits per heavy atom. The molecule has 1 N–H and O–H groups in total. The molecule has 1 rings (SSSR count). The van der Waals surface area contributed by atoms with E-state index in [1.54, 1.807) is 0 Å². The van der Waals surface area contributed by atoms with Gasteiger partial charge in [0.05, 0.1) is 12.6 Å². The predicted octanol–water partition coefficient (Wildman–Crippen LogP) is 1.40. The van der Waals surface area contributed by atoms with Crippen LogP contribution in [0.4, 0.5) is 0 Å². The maximum absolute atomic E-state index is 12.0. The maximum atomic E-state index is 12.0. The minimum absolute atomic E-state index is 0.0191. The van der Waals surface area contributed by atoms with Crippen LogP contribution in [-0.4, -0.2) is 49.2 Å². The van der Waals surface area contributed by atoms with Gasteiger partial charge in [-0.1, -0.05) is 27.2 Å². The molecule has 17 heavy (non-hydrogen) atoms. The highest BCUT2D eigenvalue weighted by atomic mass is 16.5. The van der Waals surface area contributed by atoms with Crippen LogP contribution in [0.2, 0.25) is 0 Å². The van der Waals surface area contributed by atoms with E-state index in [2.05, 4.69) is 26.1 Å². The summed E-state index contributed by atoms with van der Waals surface area (Å²) in [7, 11) is 0. The van der Waals surface area contributed by atoms with Gasteiger partial charge < -0.3 is 15.0 Å². The third-order valence-electron chi connectivity index (χ3n) is 2.98. The van der Waals surface area contributed by atoms with E-state index in [1.807, 2.05) is 4.90 Å². The molecule has 0 aromatic rings. The second kappa shape index (κ2) is 7.67. The predicted molar refractivity (Wildman–Crippen MR) is 69.0 cm³/mol. The summed E-state index contributed by atoms with van der Waals surface area (Å²) >= 11 is 0. The van der Waals surface area contributed by atoms with Crippen molar-refractivity contribution in [2.75, 3.05) is 26.3 Å². The molecule has 0 aromatic carbocycles. The number of ether oxygens (including phenoxy) is 1. The molecule has 1 saturated heterocycles. The Hall–Kier alpha value is -0.610. The Kier molecular flexibility index (Phi) is 6.52. The number of unbranched alkanes of at least 4 members (excludes halogenated alkanes) is 1. The fourth-order valence-electron chi connectivity index (χ4n) is 2.04. The lowest BCUT2D eigenvalue weighted by atomic mass is 10.2. The molecule has 0 aromatic heterocycles. The maximum Gasteiger partial charge on any atom is 0.239 e. The minimum Gasteiger partial charge on any atom is -0.380 e. The van der Waals surface area contributed by atoms with E-state index in [4.69, 9.17) is 4.74 Å². The first-order valence-electron chi connectivity index (χ1n) is 6.77. The summed E-state index contributed by atoms with van der Waals surface area (Å²) in [4.78, 5) is 13.9. The van der Waals surface area contributed by atoms with Gasteiger partial charge in [0.1, 0.15) is 0 Å². The Balaban J connectivity index is 2.16. The number of amides is 1.